The van der Waals surface area contributed by atoms with Crippen LogP contribution < -0.4 is 5.73 Å². The molecule has 1 fully saturated rings. The maximum absolute atomic E-state index is 6.39. The Hall–Kier alpha value is -0.520. The fourth-order valence-electron chi connectivity index (χ4n) is 2.56. The van der Waals surface area contributed by atoms with Gasteiger partial charge in [-0.15, -0.1) is 0 Å². The molecular weight excluding hydrogens is 258 g/mol. The van der Waals surface area contributed by atoms with Crippen molar-refractivity contribution in [1.82, 2.24) is 9.55 Å². The molecule has 108 valence electrons. The van der Waals surface area contributed by atoms with Crippen LogP contribution in [-0.4, -0.2) is 34.3 Å². The molecule has 3 unspecified atom stereocenters. The third-order valence-electron chi connectivity index (χ3n) is 3.87. The first-order valence-electron chi connectivity index (χ1n) is 7.16. The SMILES string of the molecule is CCSCCC(C)n1cncc1C(N)C1CCOC1. The fraction of sp³-hybridized carbons (Fsp3) is 0.786. The summed E-state index contributed by atoms with van der Waals surface area (Å²) in [5, 5.41) is 0. The Kier molecular flexibility index (Phi) is 5.73. The summed E-state index contributed by atoms with van der Waals surface area (Å²) in [6.07, 6.45) is 6.07. The summed E-state index contributed by atoms with van der Waals surface area (Å²) in [4.78, 5) is 4.30. The number of hydrogen-bond acceptors (Lipinski definition) is 4. The molecule has 3 atom stereocenters. The Balaban J connectivity index is 1.99. The third-order valence-corrected chi connectivity index (χ3v) is 4.80. The van der Waals surface area contributed by atoms with Crippen LogP contribution in [0, 0.1) is 5.92 Å². The molecule has 2 rings (SSSR count). The fourth-order valence-corrected chi connectivity index (χ4v) is 3.35. The molecule has 0 aromatic carbocycles. The highest BCUT2D eigenvalue weighted by Gasteiger charge is 2.27. The van der Waals surface area contributed by atoms with Crippen molar-refractivity contribution in [2.75, 3.05) is 24.7 Å². The monoisotopic (exact) mass is 283 g/mol. The third kappa shape index (κ3) is 3.74. The number of ether oxygens (including phenoxy) is 1. The zero-order valence-electron chi connectivity index (χ0n) is 11.9. The molecule has 5 heteroatoms. The van der Waals surface area contributed by atoms with Crippen molar-refractivity contribution in [2.45, 2.75) is 38.8 Å². The summed E-state index contributed by atoms with van der Waals surface area (Å²) >= 11 is 1.99. The summed E-state index contributed by atoms with van der Waals surface area (Å²) in [7, 11) is 0. The lowest BCUT2D eigenvalue weighted by Gasteiger charge is -2.23. The van der Waals surface area contributed by atoms with Gasteiger partial charge in [0, 0.05) is 24.8 Å². The van der Waals surface area contributed by atoms with Gasteiger partial charge in [0.25, 0.3) is 0 Å². The summed E-state index contributed by atoms with van der Waals surface area (Å²) in [6.45, 7) is 6.08. The van der Waals surface area contributed by atoms with Crippen LogP contribution in [0.2, 0.25) is 0 Å². The molecule has 0 saturated carbocycles. The molecule has 1 aromatic heterocycles. The molecule has 0 radical (unpaired) electrons. The van der Waals surface area contributed by atoms with Gasteiger partial charge in [-0.2, -0.15) is 11.8 Å². The van der Waals surface area contributed by atoms with Crippen LogP contribution in [0.15, 0.2) is 12.5 Å². The Morgan fingerprint density at radius 3 is 3.16 bits per heavy atom. The van der Waals surface area contributed by atoms with Gasteiger partial charge in [-0.1, -0.05) is 6.92 Å². The Labute approximate surface area is 120 Å². The van der Waals surface area contributed by atoms with E-state index in [-0.39, 0.29) is 6.04 Å². The minimum absolute atomic E-state index is 0.0475. The molecule has 0 spiro atoms. The first kappa shape index (κ1) is 14.9. The maximum Gasteiger partial charge on any atom is 0.0951 e. The summed E-state index contributed by atoms with van der Waals surface area (Å²) < 4.78 is 7.69. The predicted molar refractivity (Wildman–Crippen MR) is 80.4 cm³/mol. The van der Waals surface area contributed by atoms with Gasteiger partial charge in [-0.05, 0) is 31.3 Å². The van der Waals surface area contributed by atoms with Crippen LogP contribution in [0.4, 0.5) is 0 Å². The number of rotatable bonds is 7. The first-order valence-corrected chi connectivity index (χ1v) is 8.32. The van der Waals surface area contributed by atoms with Gasteiger partial charge in [0.2, 0.25) is 0 Å². The topological polar surface area (TPSA) is 53.1 Å². The molecule has 1 aliphatic heterocycles. The van der Waals surface area contributed by atoms with Crippen molar-refractivity contribution in [3.05, 3.63) is 18.2 Å². The number of aromatic nitrogens is 2. The van der Waals surface area contributed by atoms with Crippen molar-refractivity contribution >= 4 is 11.8 Å². The molecule has 1 aromatic rings. The average molecular weight is 283 g/mol. The van der Waals surface area contributed by atoms with E-state index in [1.807, 2.05) is 24.3 Å². The average Bonchev–Trinajstić information content (AvgIpc) is 3.09. The molecule has 1 saturated heterocycles. The minimum Gasteiger partial charge on any atom is -0.381 e. The second-order valence-corrected chi connectivity index (χ2v) is 6.60. The summed E-state index contributed by atoms with van der Waals surface area (Å²) in [6, 6.07) is 0.510. The van der Waals surface area contributed by atoms with Crippen LogP contribution in [0.3, 0.4) is 0 Å². The van der Waals surface area contributed by atoms with Gasteiger partial charge in [-0.25, -0.2) is 4.98 Å². The lowest BCUT2D eigenvalue weighted by molar-refractivity contribution is 0.180. The molecule has 0 amide bonds. The second kappa shape index (κ2) is 7.31. The van der Waals surface area contributed by atoms with Crippen molar-refractivity contribution in [2.24, 2.45) is 11.7 Å². The van der Waals surface area contributed by atoms with Crippen molar-refractivity contribution in [3.63, 3.8) is 0 Å². The van der Waals surface area contributed by atoms with E-state index in [0.717, 1.165) is 31.7 Å². The molecule has 0 aliphatic carbocycles. The highest BCUT2D eigenvalue weighted by molar-refractivity contribution is 7.99. The zero-order chi connectivity index (χ0) is 13.7. The van der Waals surface area contributed by atoms with Crippen LogP contribution in [0.25, 0.3) is 0 Å². The molecule has 1 aliphatic rings. The lowest BCUT2D eigenvalue weighted by Crippen LogP contribution is -2.25. The van der Waals surface area contributed by atoms with Crippen LogP contribution in [0.1, 0.15) is 44.5 Å². The standard InChI is InChI=1S/C14H25N3OS/c1-3-19-7-5-11(2)17-10-16-8-13(17)14(15)12-4-6-18-9-12/h8,10-12,14H,3-7,9,15H2,1-2H3. The second-order valence-electron chi connectivity index (χ2n) is 5.21. The Bertz CT molecular complexity index is 377. The Morgan fingerprint density at radius 2 is 2.47 bits per heavy atom. The molecule has 19 heavy (non-hydrogen) atoms. The summed E-state index contributed by atoms with van der Waals surface area (Å²) in [5.74, 6) is 2.81. The largest absolute Gasteiger partial charge is 0.381 e. The van der Waals surface area contributed by atoms with Crippen LogP contribution in [0.5, 0.6) is 0 Å². The number of nitrogens with zero attached hydrogens (tertiary/aromatic N) is 2. The van der Waals surface area contributed by atoms with Crippen molar-refractivity contribution in [3.8, 4) is 0 Å². The minimum atomic E-state index is 0.0475. The van der Waals surface area contributed by atoms with Crippen molar-refractivity contribution in [1.29, 1.82) is 0 Å². The Morgan fingerprint density at radius 1 is 1.63 bits per heavy atom. The van der Waals surface area contributed by atoms with Gasteiger partial charge in [0.15, 0.2) is 0 Å². The van der Waals surface area contributed by atoms with E-state index in [1.165, 1.54) is 11.5 Å². The first-order chi connectivity index (χ1) is 9.24. The quantitative estimate of drug-likeness (QED) is 0.782. The summed E-state index contributed by atoms with van der Waals surface area (Å²) in [5.41, 5.74) is 7.55. The highest BCUT2D eigenvalue weighted by Crippen LogP contribution is 2.28. The predicted octanol–water partition coefficient (Wildman–Crippen LogP) is 2.62. The van der Waals surface area contributed by atoms with Gasteiger partial charge in [-0.3, -0.25) is 0 Å². The number of nitrogens with two attached hydrogens (primary N) is 1. The molecular formula is C14H25N3OS. The molecule has 4 nitrogen and oxygen atoms in total. The van der Waals surface area contributed by atoms with E-state index in [2.05, 4.69) is 23.4 Å². The molecule has 2 heterocycles. The lowest BCUT2D eigenvalue weighted by atomic mass is 9.97. The molecule has 2 N–H and O–H groups in total. The van der Waals surface area contributed by atoms with E-state index in [9.17, 15) is 0 Å². The van der Waals surface area contributed by atoms with E-state index in [4.69, 9.17) is 10.5 Å². The van der Waals surface area contributed by atoms with Crippen LogP contribution in [-0.2, 0) is 4.74 Å². The normalized spacial score (nSPS) is 22.6. The van der Waals surface area contributed by atoms with E-state index < -0.39 is 0 Å². The van der Waals surface area contributed by atoms with E-state index in [0.29, 0.717) is 12.0 Å². The maximum atomic E-state index is 6.39. The van der Waals surface area contributed by atoms with Gasteiger partial charge < -0.3 is 15.0 Å². The highest BCUT2D eigenvalue weighted by atomic mass is 32.2. The molecule has 0 bridgehead atoms. The van der Waals surface area contributed by atoms with Crippen LogP contribution >= 0.6 is 11.8 Å². The van der Waals surface area contributed by atoms with Crippen molar-refractivity contribution < 1.29 is 4.74 Å². The smallest absolute Gasteiger partial charge is 0.0951 e. The van der Waals surface area contributed by atoms with Gasteiger partial charge >= 0.3 is 0 Å². The number of imidazole rings is 1. The van der Waals surface area contributed by atoms with Gasteiger partial charge in [0.05, 0.1) is 24.7 Å². The van der Waals surface area contributed by atoms with E-state index >= 15 is 0 Å². The van der Waals surface area contributed by atoms with E-state index in [1.54, 1.807) is 0 Å². The zero-order valence-corrected chi connectivity index (χ0v) is 12.7. The number of hydrogen-bond donors (Lipinski definition) is 1. The number of thioether (sulfide) groups is 1. The van der Waals surface area contributed by atoms with Gasteiger partial charge in [0.1, 0.15) is 0 Å².